The lowest BCUT2D eigenvalue weighted by Crippen LogP contribution is -2.40. The highest BCUT2D eigenvalue weighted by Gasteiger charge is 2.36. The summed E-state index contributed by atoms with van der Waals surface area (Å²) < 4.78 is 2.47. The Morgan fingerprint density at radius 3 is 2.80 bits per heavy atom. The minimum atomic E-state index is 0.692. The molecular weight excluding hydrogens is 248 g/mol. The van der Waals surface area contributed by atoms with Crippen LogP contribution in [0.2, 0.25) is 0 Å². The summed E-state index contributed by atoms with van der Waals surface area (Å²) in [5.74, 6) is 2.06. The molecule has 1 aromatic rings. The standard InChI is InChI=1S/C16H26N4/c1-2-6-14(7-3-1)20-10-9-18-16(20)19-11-13-5-4-8-17-15(13)12-19/h9-10,13-15,17H,1-8,11-12H2/t13-,15+/m0/s1. The first kappa shape index (κ1) is 12.7. The molecule has 3 heterocycles. The van der Waals surface area contributed by atoms with Crippen LogP contribution in [0.4, 0.5) is 5.95 Å². The number of nitrogens with one attached hydrogen (secondary N) is 1. The van der Waals surface area contributed by atoms with Crippen molar-refractivity contribution in [3.63, 3.8) is 0 Å². The van der Waals surface area contributed by atoms with Gasteiger partial charge in [0.2, 0.25) is 5.95 Å². The number of nitrogens with zero attached hydrogens (tertiary/aromatic N) is 3. The summed E-state index contributed by atoms with van der Waals surface area (Å²) in [6, 6.07) is 1.39. The molecule has 0 amide bonds. The van der Waals surface area contributed by atoms with Crippen LogP contribution in [-0.2, 0) is 0 Å². The van der Waals surface area contributed by atoms with E-state index >= 15 is 0 Å². The number of piperidine rings is 1. The van der Waals surface area contributed by atoms with Crippen molar-refractivity contribution in [3.05, 3.63) is 12.4 Å². The van der Waals surface area contributed by atoms with Crippen molar-refractivity contribution >= 4 is 5.95 Å². The molecule has 1 aromatic heterocycles. The quantitative estimate of drug-likeness (QED) is 0.900. The van der Waals surface area contributed by atoms with Crippen molar-refractivity contribution in [1.29, 1.82) is 0 Å². The van der Waals surface area contributed by atoms with E-state index in [1.165, 1.54) is 64.0 Å². The maximum Gasteiger partial charge on any atom is 0.205 e. The van der Waals surface area contributed by atoms with Crippen LogP contribution in [-0.4, -0.2) is 35.2 Å². The van der Waals surface area contributed by atoms with E-state index in [2.05, 4.69) is 21.0 Å². The largest absolute Gasteiger partial charge is 0.340 e. The highest BCUT2D eigenvalue weighted by Crippen LogP contribution is 2.34. The normalized spacial score (nSPS) is 31.5. The average Bonchev–Trinajstić information content (AvgIpc) is 3.14. The summed E-state index contributed by atoms with van der Waals surface area (Å²) in [6.07, 6.45) is 13.8. The number of aromatic nitrogens is 2. The molecule has 4 nitrogen and oxygen atoms in total. The van der Waals surface area contributed by atoms with Crippen LogP contribution >= 0.6 is 0 Å². The third-order valence-corrected chi connectivity index (χ3v) is 5.50. The lowest BCUT2D eigenvalue weighted by molar-refractivity contribution is 0.339. The number of anilines is 1. The Balaban J connectivity index is 1.52. The average molecular weight is 274 g/mol. The summed E-state index contributed by atoms with van der Waals surface area (Å²) in [5.41, 5.74) is 0. The molecule has 3 aliphatic rings. The van der Waals surface area contributed by atoms with Gasteiger partial charge in [0.25, 0.3) is 0 Å². The lowest BCUT2D eigenvalue weighted by atomic mass is 9.94. The van der Waals surface area contributed by atoms with Gasteiger partial charge in [0.15, 0.2) is 0 Å². The fourth-order valence-corrected chi connectivity index (χ4v) is 4.40. The Bertz CT molecular complexity index is 435. The molecule has 2 atom stereocenters. The molecule has 1 aliphatic carbocycles. The number of hydrogen-bond acceptors (Lipinski definition) is 3. The third kappa shape index (κ3) is 2.24. The van der Waals surface area contributed by atoms with E-state index in [1.807, 2.05) is 6.20 Å². The number of hydrogen-bond donors (Lipinski definition) is 1. The molecule has 0 radical (unpaired) electrons. The monoisotopic (exact) mass is 274 g/mol. The van der Waals surface area contributed by atoms with E-state index in [4.69, 9.17) is 4.98 Å². The molecule has 4 rings (SSSR count). The van der Waals surface area contributed by atoms with Crippen LogP contribution in [0.15, 0.2) is 12.4 Å². The molecule has 0 bridgehead atoms. The first-order valence-corrected chi connectivity index (χ1v) is 8.43. The molecule has 110 valence electrons. The van der Waals surface area contributed by atoms with Crippen molar-refractivity contribution in [2.75, 3.05) is 24.5 Å². The van der Waals surface area contributed by atoms with Crippen LogP contribution in [0, 0.1) is 5.92 Å². The summed E-state index contributed by atoms with van der Waals surface area (Å²) in [7, 11) is 0. The summed E-state index contributed by atoms with van der Waals surface area (Å²) in [5, 5.41) is 3.69. The van der Waals surface area contributed by atoms with E-state index in [9.17, 15) is 0 Å². The predicted octanol–water partition coefficient (Wildman–Crippen LogP) is 2.58. The zero-order chi connectivity index (χ0) is 13.4. The van der Waals surface area contributed by atoms with E-state index in [1.54, 1.807) is 0 Å². The molecule has 1 N–H and O–H groups in total. The van der Waals surface area contributed by atoms with Gasteiger partial charge in [-0.3, -0.25) is 0 Å². The van der Waals surface area contributed by atoms with Crippen molar-refractivity contribution in [2.45, 2.75) is 57.0 Å². The van der Waals surface area contributed by atoms with E-state index in [0.717, 1.165) is 12.5 Å². The maximum absolute atomic E-state index is 4.69. The van der Waals surface area contributed by atoms with Gasteiger partial charge in [0.1, 0.15) is 0 Å². The van der Waals surface area contributed by atoms with E-state index in [0.29, 0.717) is 12.1 Å². The zero-order valence-corrected chi connectivity index (χ0v) is 12.3. The molecule has 20 heavy (non-hydrogen) atoms. The minimum absolute atomic E-state index is 0.692. The van der Waals surface area contributed by atoms with Gasteiger partial charge >= 0.3 is 0 Å². The van der Waals surface area contributed by atoms with E-state index < -0.39 is 0 Å². The molecule has 4 heteroatoms. The Labute approximate surface area is 121 Å². The van der Waals surface area contributed by atoms with Gasteiger partial charge in [0, 0.05) is 37.6 Å². The summed E-state index contributed by atoms with van der Waals surface area (Å²) in [6.45, 7) is 3.54. The molecule has 3 fully saturated rings. The van der Waals surface area contributed by atoms with Crippen molar-refractivity contribution in [2.24, 2.45) is 5.92 Å². The number of fused-ring (bicyclic) bond motifs is 1. The second kappa shape index (κ2) is 5.40. The Kier molecular flexibility index (Phi) is 3.42. The topological polar surface area (TPSA) is 33.1 Å². The molecular formula is C16H26N4. The van der Waals surface area contributed by atoms with E-state index in [-0.39, 0.29) is 0 Å². The summed E-state index contributed by atoms with van der Waals surface area (Å²) in [4.78, 5) is 7.22. The van der Waals surface area contributed by atoms with Gasteiger partial charge in [-0.1, -0.05) is 19.3 Å². The third-order valence-electron chi connectivity index (χ3n) is 5.50. The summed E-state index contributed by atoms with van der Waals surface area (Å²) >= 11 is 0. The van der Waals surface area contributed by atoms with Crippen LogP contribution < -0.4 is 10.2 Å². The highest BCUT2D eigenvalue weighted by atomic mass is 15.3. The van der Waals surface area contributed by atoms with Gasteiger partial charge < -0.3 is 14.8 Å². The van der Waals surface area contributed by atoms with Gasteiger partial charge in [-0.25, -0.2) is 4.98 Å². The van der Waals surface area contributed by atoms with Crippen molar-refractivity contribution < 1.29 is 0 Å². The van der Waals surface area contributed by atoms with Crippen LogP contribution in [0.1, 0.15) is 51.0 Å². The van der Waals surface area contributed by atoms with Gasteiger partial charge in [-0.05, 0) is 38.1 Å². The molecule has 0 spiro atoms. The fourth-order valence-electron chi connectivity index (χ4n) is 4.40. The van der Waals surface area contributed by atoms with Gasteiger partial charge in [-0.15, -0.1) is 0 Å². The fraction of sp³-hybridized carbons (Fsp3) is 0.812. The highest BCUT2D eigenvalue weighted by molar-refractivity contribution is 5.35. The Hall–Kier alpha value is -1.03. The molecule has 0 unspecified atom stereocenters. The number of imidazole rings is 1. The van der Waals surface area contributed by atoms with Crippen LogP contribution in [0.3, 0.4) is 0 Å². The van der Waals surface area contributed by atoms with Crippen LogP contribution in [0.25, 0.3) is 0 Å². The second-order valence-corrected chi connectivity index (χ2v) is 6.79. The Morgan fingerprint density at radius 1 is 1.05 bits per heavy atom. The molecule has 2 aliphatic heterocycles. The van der Waals surface area contributed by atoms with Crippen LogP contribution in [0.5, 0.6) is 0 Å². The predicted molar refractivity (Wildman–Crippen MR) is 81.1 cm³/mol. The smallest absolute Gasteiger partial charge is 0.205 e. The SMILES string of the molecule is c1cn(C2CCCCC2)c(N2C[C@@H]3CCCN[C@@H]3C2)n1. The first-order chi connectivity index (χ1) is 9.92. The molecule has 1 saturated carbocycles. The zero-order valence-electron chi connectivity index (χ0n) is 12.3. The van der Waals surface area contributed by atoms with Crippen molar-refractivity contribution in [3.8, 4) is 0 Å². The van der Waals surface area contributed by atoms with Gasteiger partial charge in [0.05, 0.1) is 0 Å². The maximum atomic E-state index is 4.69. The van der Waals surface area contributed by atoms with Gasteiger partial charge in [-0.2, -0.15) is 0 Å². The molecule has 2 saturated heterocycles. The lowest BCUT2D eigenvalue weighted by Gasteiger charge is -2.27. The Morgan fingerprint density at radius 2 is 1.95 bits per heavy atom. The minimum Gasteiger partial charge on any atom is -0.340 e. The first-order valence-electron chi connectivity index (χ1n) is 8.43. The number of rotatable bonds is 2. The molecule has 0 aromatic carbocycles. The van der Waals surface area contributed by atoms with Crippen molar-refractivity contribution in [1.82, 2.24) is 14.9 Å². The second-order valence-electron chi connectivity index (χ2n) is 6.79.